The number of carbonyl (C=O) groups excluding carboxylic acids is 2. The van der Waals surface area contributed by atoms with Crippen molar-refractivity contribution < 1.29 is 18.0 Å². The fourth-order valence-corrected chi connectivity index (χ4v) is 5.35. The van der Waals surface area contributed by atoms with Gasteiger partial charge in [0.2, 0.25) is 5.91 Å². The van der Waals surface area contributed by atoms with Crippen LogP contribution in [0.4, 0.5) is 10.8 Å². The summed E-state index contributed by atoms with van der Waals surface area (Å²) in [5, 5.41) is 9.38. The number of nitrogens with zero attached hydrogens (tertiary/aromatic N) is 1. The molecule has 0 saturated carbocycles. The fraction of sp³-hybridized carbons (Fsp3) is 0.167. The zero-order chi connectivity index (χ0) is 20.1. The second-order valence-electron chi connectivity index (χ2n) is 5.87. The van der Waals surface area contributed by atoms with E-state index in [4.69, 9.17) is 0 Å². The third kappa shape index (κ3) is 5.24. The number of benzene rings is 1. The predicted molar refractivity (Wildman–Crippen MR) is 111 cm³/mol. The Hall–Kier alpha value is -2.56. The minimum Gasteiger partial charge on any atom is -0.326 e. The molecule has 0 radical (unpaired) electrons. The standard InChI is InChI=1S/C18H17N3O4S3/c1-12-11-27-18(19-12)21-17(23)13-4-6-14(7-5-13)20-15(22)8-10-28(24,25)16-3-2-9-26-16/h2-7,9,11H,8,10H2,1H3,(H,20,22)(H,19,21,23). The van der Waals surface area contributed by atoms with E-state index in [0.717, 1.165) is 17.0 Å². The van der Waals surface area contributed by atoms with Gasteiger partial charge in [0.15, 0.2) is 15.0 Å². The van der Waals surface area contributed by atoms with Crippen molar-refractivity contribution in [2.24, 2.45) is 0 Å². The molecule has 0 aliphatic carbocycles. The summed E-state index contributed by atoms with van der Waals surface area (Å²) in [5.41, 5.74) is 1.74. The van der Waals surface area contributed by atoms with Crippen molar-refractivity contribution in [2.75, 3.05) is 16.4 Å². The van der Waals surface area contributed by atoms with Crippen LogP contribution in [0.3, 0.4) is 0 Å². The number of rotatable bonds is 7. The highest BCUT2D eigenvalue weighted by Gasteiger charge is 2.17. The van der Waals surface area contributed by atoms with E-state index < -0.39 is 15.7 Å². The number of thiazole rings is 1. The lowest BCUT2D eigenvalue weighted by molar-refractivity contribution is -0.115. The number of nitrogens with one attached hydrogen (secondary N) is 2. The van der Waals surface area contributed by atoms with Crippen LogP contribution in [0.5, 0.6) is 0 Å². The highest BCUT2D eigenvalue weighted by Crippen LogP contribution is 2.19. The van der Waals surface area contributed by atoms with Crippen LogP contribution in [0, 0.1) is 6.92 Å². The topological polar surface area (TPSA) is 105 Å². The molecule has 0 aliphatic heterocycles. The molecular weight excluding hydrogens is 418 g/mol. The zero-order valence-electron chi connectivity index (χ0n) is 14.8. The summed E-state index contributed by atoms with van der Waals surface area (Å²) in [4.78, 5) is 28.4. The van der Waals surface area contributed by atoms with E-state index in [-0.39, 0.29) is 22.3 Å². The van der Waals surface area contributed by atoms with Crippen LogP contribution in [0.1, 0.15) is 22.5 Å². The van der Waals surface area contributed by atoms with Crippen molar-refractivity contribution >= 4 is 55.1 Å². The highest BCUT2D eigenvalue weighted by molar-refractivity contribution is 7.93. The van der Waals surface area contributed by atoms with Crippen LogP contribution in [-0.2, 0) is 14.6 Å². The van der Waals surface area contributed by atoms with Crippen LogP contribution >= 0.6 is 22.7 Å². The first-order chi connectivity index (χ1) is 13.3. The molecule has 0 fully saturated rings. The van der Waals surface area contributed by atoms with Gasteiger partial charge in [0.1, 0.15) is 4.21 Å². The first-order valence-corrected chi connectivity index (χ1v) is 11.6. The number of sulfone groups is 1. The van der Waals surface area contributed by atoms with E-state index in [2.05, 4.69) is 15.6 Å². The minimum atomic E-state index is -3.45. The Bertz CT molecular complexity index is 1070. The normalized spacial score (nSPS) is 11.2. The van der Waals surface area contributed by atoms with Gasteiger partial charge in [-0.15, -0.1) is 22.7 Å². The molecular formula is C18H17N3O4S3. The predicted octanol–water partition coefficient (Wildman–Crippen LogP) is 3.57. The number of hydrogen-bond acceptors (Lipinski definition) is 7. The number of aryl methyl sites for hydroxylation is 1. The number of thiophene rings is 1. The molecule has 3 aromatic rings. The van der Waals surface area contributed by atoms with Crippen molar-refractivity contribution in [3.05, 3.63) is 58.4 Å². The second-order valence-corrected chi connectivity index (χ2v) is 10.0. The molecule has 0 atom stereocenters. The first-order valence-electron chi connectivity index (χ1n) is 8.23. The van der Waals surface area contributed by atoms with Crippen molar-refractivity contribution in [1.82, 2.24) is 4.98 Å². The van der Waals surface area contributed by atoms with Gasteiger partial charge < -0.3 is 5.32 Å². The van der Waals surface area contributed by atoms with E-state index in [1.165, 1.54) is 17.4 Å². The molecule has 28 heavy (non-hydrogen) atoms. The molecule has 0 spiro atoms. The van der Waals surface area contributed by atoms with Gasteiger partial charge in [0.25, 0.3) is 5.91 Å². The number of aromatic nitrogens is 1. The summed E-state index contributed by atoms with van der Waals surface area (Å²) in [5.74, 6) is -0.961. The molecule has 2 N–H and O–H groups in total. The highest BCUT2D eigenvalue weighted by atomic mass is 32.2. The van der Waals surface area contributed by atoms with Gasteiger partial charge in [-0.25, -0.2) is 13.4 Å². The van der Waals surface area contributed by atoms with E-state index in [1.807, 2.05) is 12.3 Å². The Morgan fingerprint density at radius 2 is 1.82 bits per heavy atom. The third-order valence-electron chi connectivity index (χ3n) is 3.67. The average Bonchev–Trinajstić information content (AvgIpc) is 3.33. The maximum absolute atomic E-state index is 12.2. The maximum Gasteiger partial charge on any atom is 0.257 e. The van der Waals surface area contributed by atoms with Crippen LogP contribution in [0.2, 0.25) is 0 Å². The lowest BCUT2D eigenvalue weighted by Gasteiger charge is -2.07. The lowest BCUT2D eigenvalue weighted by Crippen LogP contribution is -2.17. The molecule has 10 heteroatoms. The molecule has 7 nitrogen and oxygen atoms in total. The molecule has 1 aromatic carbocycles. The maximum atomic E-state index is 12.2. The molecule has 0 saturated heterocycles. The van der Waals surface area contributed by atoms with Gasteiger partial charge in [-0.1, -0.05) is 6.07 Å². The second kappa shape index (κ2) is 8.63. The van der Waals surface area contributed by atoms with Crippen molar-refractivity contribution in [3.63, 3.8) is 0 Å². The summed E-state index contributed by atoms with van der Waals surface area (Å²) in [7, 11) is -3.45. The summed E-state index contributed by atoms with van der Waals surface area (Å²) in [6.45, 7) is 1.84. The van der Waals surface area contributed by atoms with Crippen molar-refractivity contribution in [1.29, 1.82) is 0 Å². The Kier molecular flexibility index (Phi) is 6.22. The Balaban J connectivity index is 1.53. The molecule has 0 bridgehead atoms. The van der Waals surface area contributed by atoms with Gasteiger partial charge in [-0.2, -0.15) is 0 Å². The molecule has 0 aliphatic rings. The van der Waals surface area contributed by atoms with Gasteiger partial charge in [0, 0.05) is 23.1 Å². The number of carbonyl (C=O) groups is 2. The monoisotopic (exact) mass is 435 g/mol. The fourth-order valence-electron chi connectivity index (χ4n) is 2.28. The van der Waals surface area contributed by atoms with Gasteiger partial charge in [-0.3, -0.25) is 14.9 Å². The molecule has 2 heterocycles. The van der Waals surface area contributed by atoms with Gasteiger partial charge >= 0.3 is 0 Å². The largest absolute Gasteiger partial charge is 0.326 e. The molecule has 3 rings (SSSR count). The average molecular weight is 436 g/mol. The SMILES string of the molecule is Cc1csc(NC(=O)c2ccc(NC(=O)CCS(=O)(=O)c3cccs3)cc2)n1. The Morgan fingerprint density at radius 1 is 1.07 bits per heavy atom. The molecule has 0 unspecified atom stereocenters. The quantitative estimate of drug-likeness (QED) is 0.590. The van der Waals surface area contributed by atoms with Crippen molar-refractivity contribution in [2.45, 2.75) is 17.6 Å². The van der Waals surface area contributed by atoms with E-state index in [0.29, 0.717) is 16.4 Å². The summed E-state index contributed by atoms with van der Waals surface area (Å²) < 4.78 is 24.5. The van der Waals surface area contributed by atoms with Crippen LogP contribution < -0.4 is 10.6 Å². The molecule has 146 valence electrons. The summed E-state index contributed by atoms with van der Waals surface area (Å²) >= 11 is 2.47. The van der Waals surface area contributed by atoms with Crippen LogP contribution in [0.15, 0.2) is 51.4 Å². The van der Waals surface area contributed by atoms with E-state index in [9.17, 15) is 18.0 Å². The smallest absolute Gasteiger partial charge is 0.257 e. The summed E-state index contributed by atoms with van der Waals surface area (Å²) in [6, 6.07) is 9.52. The zero-order valence-corrected chi connectivity index (χ0v) is 17.3. The van der Waals surface area contributed by atoms with E-state index >= 15 is 0 Å². The first kappa shape index (κ1) is 20.2. The Labute approximate surface area is 170 Å². The molecule has 2 aromatic heterocycles. The lowest BCUT2D eigenvalue weighted by atomic mass is 10.2. The van der Waals surface area contributed by atoms with Gasteiger partial charge in [-0.05, 0) is 42.6 Å². The van der Waals surface area contributed by atoms with E-state index in [1.54, 1.807) is 35.7 Å². The number of amides is 2. The molecule has 2 amide bonds. The summed E-state index contributed by atoms with van der Waals surface area (Å²) in [6.07, 6.45) is -0.147. The third-order valence-corrected chi connectivity index (χ3v) is 7.75. The van der Waals surface area contributed by atoms with Crippen LogP contribution in [0.25, 0.3) is 0 Å². The Morgan fingerprint density at radius 3 is 2.43 bits per heavy atom. The minimum absolute atomic E-state index is 0.147. The van der Waals surface area contributed by atoms with Gasteiger partial charge in [0.05, 0.1) is 11.4 Å². The van der Waals surface area contributed by atoms with Crippen molar-refractivity contribution in [3.8, 4) is 0 Å². The number of anilines is 2. The van der Waals surface area contributed by atoms with Crippen LogP contribution in [-0.4, -0.2) is 31.0 Å². The number of hydrogen-bond donors (Lipinski definition) is 2.